The lowest BCUT2D eigenvalue weighted by atomic mass is 10.1. The number of fused-ring (bicyclic) bond motifs is 2. The Balaban J connectivity index is 1.59. The van der Waals surface area contributed by atoms with Gasteiger partial charge in [0.2, 0.25) is 0 Å². The molecule has 6 nitrogen and oxygen atoms in total. The van der Waals surface area contributed by atoms with Crippen molar-refractivity contribution in [1.29, 1.82) is 0 Å². The molecule has 0 aromatic carbocycles. The number of imidazole rings is 1. The molecule has 0 fully saturated rings. The van der Waals surface area contributed by atoms with Gasteiger partial charge in [-0.25, -0.2) is 15.0 Å². The minimum atomic E-state index is 0.685. The molecule has 114 valence electrons. The van der Waals surface area contributed by atoms with Crippen LogP contribution < -0.4 is 10.6 Å². The summed E-state index contributed by atoms with van der Waals surface area (Å²) in [5, 5.41) is 8.92. The summed E-state index contributed by atoms with van der Waals surface area (Å²) in [6.45, 7) is 4.61. The summed E-state index contributed by atoms with van der Waals surface area (Å²) in [6, 6.07) is 0. The van der Waals surface area contributed by atoms with E-state index in [0.717, 1.165) is 48.2 Å². The molecular weight excluding hydrogens is 296 g/mol. The van der Waals surface area contributed by atoms with Crippen molar-refractivity contribution >= 4 is 22.1 Å². The fourth-order valence-electron chi connectivity index (χ4n) is 2.85. The van der Waals surface area contributed by atoms with Crippen LogP contribution in [0.2, 0.25) is 0 Å². The van der Waals surface area contributed by atoms with Gasteiger partial charge in [0.25, 0.3) is 0 Å². The fourth-order valence-corrected chi connectivity index (χ4v) is 3.57. The Morgan fingerprint density at radius 3 is 3.09 bits per heavy atom. The summed E-state index contributed by atoms with van der Waals surface area (Å²) in [5.74, 6) is 1.79. The minimum absolute atomic E-state index is 0.685. The monoisotopic (exact) mass is 314 g/mol. The molecule has 0 saturated carbocycles. The van der Waals surface area contributed by atoms with E-state index < -0.39 is 0 Å². The van der Waals surface area contributed by atoms with E-state index in [1.165, 1.54) is 11.3 Å². The van der Waals surface area contributed by atoms with Crippen molar-refractivity contribution in [3.8, 4) is 0 Å². The van der Waals surface area contributed by atoms with Gasteiger partial charge in [0.05, 0.1) is 17.9 Å². The van der Waals surface area contributed by atoms with E-state index in [1.807, 2.05) is 18.5 Å². The molecule has 7 heteroatoms. The minimum Gasteiger partial charge on any atom is -0.364 e. The smallest absolute Gasteiger partial charge is 0.193 e. The molecule has 0 radical (unpaired) electrons. The molecule has 1 aliphatic rings. The van der Waals surface area contributed by atoms with Crippen molar-refractivity contribution in [2.24, 2.45) is 0 Å². The summed E-state index contributed by atoms with van der Waals surface area (Å²) < 4.78 is 2.05. The van der Waals surface area contributed by atoms with E-state index in [2.05, 4.69) is 36.2 Å². The van der Waals surface area contributed by atoms with Crippen LogP contribution in [0.1, 0.15) is 22.8 Å². The number of anilines is 1. The topological polar surface area (TPSA) is 67.1 Å². The van der Waals surface area contributed by atoms with Gasteiger partial charge in [0.15, 0.2) is 4.96 Å². The van der Waals surface area contributed by atoms with Crippen LogP contribution in [-0.2, 0) is 19.4 Å². The molecule has 3 aromatic rings. The lowest BCUT2D eigenvalue weighted by molar-refractivity contribution is 0.708. The number of rotatable bonds is 3. The van der Waals surface area contributed by atoms with Gasteiger partial charge in [-0.3, -0.25) is 4.40 Å². The Morgan fingerprint density at radius 2 is 2.18 bits per heavy atom. The highest BCUT2D eigenvalue weighted by Crippen LogP contribution is 2.20. The molecule has 0 unspecified atom stereocenters. The zero-order chi connectivity index (χ0) is 14.9. The maximum absolute atomic E-state index is 4.61. The van der Waals surface area contributed by atoms with Crippen molar-refractivity contribution < 1.29 is 0 Å². The highest BCUT2D eigenvalue weighted by Gasteiger charge is 2.15. The normalized spacial score (nSPS) is 14.8. The van der Waals surface area contributed by atoms with Crippen LogP contribution in [0.15, 0.2) is 17.8 Å². The maximum Gasteiger partial charge on any atom is 0.193 e. The standard InChI is InChI=1S/C15H18N6S/c1-10-18-13-3-5-16-4-2-12(13)14(19-10)17-8-11-9-21-6-7-22-15(21)20-11/h6-7,9,16H,2-5,8H2,1H3,(H,17,18,19). The van der Waals surface area contributed by atoms with Crippen molar-refractivity contribution in [3.63, 3.8) is 0 Å². The number of nitrogens with one attached hydrogen (secondary N) is 2. The second-order valence-corrected chi connectivity index (χ2v) is 6.35. The van der Waals surface area contributed by atoms with Crippen molar-refractivity contribution in [1.82, 2.24) is 24.7 Å². The predicted octanol–water partition coefficient (Wildman–Crippen LogP) is 1.79. The van der Waals surface area contributed by atoms with Gasteiger partial charge in [-0.2, -0.15) is 0 Å². The molecule has 0 aliphatic carbocycles. The largest absolute Gasteiger partial charge is 0.364 e. The Hall–Kier alpha value is -1.99. The molecule has 0 bridgehead atoms. The third-order valence-electron chi connectivity index (χ3n) is 3.88. The first kappa shape index (κ1) is 13.7. The molecule has 4 rings (SSSR count). The van der Waals surface area contributed by atoms with Gasteiger partial charge in [0, 0.05) is 36.3 Å². The van der Waals surface area contributed by atoms with Crippen molar-refractivity contribution in [3.05, 3.63) is 40.5 Å². The first-order valence-electron chi connectivity index (χ1n) is 7.51. The van der Waals surface area contributed by atoms with Gasteiger partial charge in [-0.15, -0.1) is 11.3 Å². The second-order valence-electron chi connectivity index (χ2n) is 5.47. The molecule has 2 N–H and O–H groups in total. The summed E-state index contributed by atoms with van der Waals surface area (Å²) in [4.78, 5) is 14.8. The Bertz CT molecular complexity index is 777. The van der Waals surface area contributed by atoms with Gasteiger partial charge in [0.1, 0.15) is 11.6 Å². The Kier molecular flexibility index (Phi) is 3.51. The van der Waals surface area contributed by atoms with Gasteiger partial charge in [-0.1, -0.05) is 0 Å². The summed E-state index contributed by atoms with van der Waals surface area (Å²) in [6.07, 6.45) is 6.03. The maximum atomic E-state index is 4.61. The van der Waals surface area contributed by atoms with Crippen molar-refractivity contribution in [2.75, 3.05) is 18.4 Å². The molecule has 0 saturated heterocycles. The number of thiazole rings is 1. The van der Waals surface area contributed by atoms with Crippen LogP contribution in [-0.4, -0.2) is 32.4 Å². The SMILES string of the molecule is Cc1nc2c(c(NCc3cn4ccsc4n3)n1)CCNCC2. The van der Waals surface area contributed by atoms with Gasteiger partial charge < -0.3 is 10.6 Å². The molecule has 3 aromatic heterocycles. The van der Waals surface area contributed by atoms with Crippen LogP contribution in [0.3, 0.4) is 0 Å². The second kappa shape index (κ2) is 5.66. The molecule has 0 spiro atoms. The van der Waals surface area contributed by atoms with Crippen LogP contribution >= 0.6 is 11.3 Å². The number of hydrogen-bond acceptors (Lipinski definition) is 6. The number of aryl methyl sites for hydroxylation is 1. The van der Waals surface area contributed by atoms with Crippen molar-refractivity contribution in [2.45, 2.75) is 26.3 Å². The van der Waals surface area contributed by atoms with Gasteiger partial charge >= 0.3 is 0 Å². The number of nitrogens with zero attached hydrogens (tertiary/aromatic N) is 4. The molecule has 22 heavy (non-hydrogen) atoms. The summed E-state index contributed by atoms with van der Waals surface area (Å²) in [7, 11) is 0. The molecule has 4 heterocycles. The molecular formula is C15H18N6S. The third kappa shape index (κ3) is 2.57. The predicted molar refractivity (Wildman–Crippen MR) is 87.4 cm³/mol. The molecule has 0 atom stereocenters. The average Bonchev–Trinajstić information content (AvgIpc) is 2.99. The Morgan fingerprint density at radius 1 is 1.27 bits per heavy atom. The quantitative estimate of drug-likeness (QED) is 0.771. The van der Waals surface area contributed by atoms with Gasteiger partial charge in [-0.05, 0) is 19.9 Å². The first-order chi connectivity index (χ1) is 10.8. The summed E-state index contributed by atoms with van der Waals surface area (Å²) >= 11 is 1.65. The lowest BCUT2D eigenvalue weighted by Crippen LogP contribution is -2.16. The van der Waals surface area contributed by atoms with E-state index in [-0.39, 0.29) is 0 Å². The highest BCUT2D eigenvalue weighted by molar-refractivity contribution is 7.15. The molecule has 1 aliphatic heterocycles. The van der Waals surface area contributed by atoms with Crippen LogP contribution in [0.25, 0.3) is 4.96 Å². The van der Waals surface area contributed by atoms with Crippen LogP contribution in [0.4, 0.5) is 5.82 Å². The molecule has 0 amide bonds. The zero-order valence-electron chi connectivity index (χ0n) is 12.5. The zero-order valence-corrected chi connectivity index (χ0v) is 13.3. The first-order valence-corrected chi connectivity index (χ1v) is 8.39. The lowest BCUT2D eigenvalue weighted by Gasteiger charge is -2.13. The Labute approximate surface area is 132 Å². The number of hydrogen-bond donors (Lipinski definition) is 2. The highest BCUT2D eigenvalue weighted by atomic mass is 32.1. The van der Waals surface area contributed by atoms with E-state index in [9.17, 15) is 0 Å². The van der Waals surface area contributed by atoms with E-state index >= 15 is 0 Å². The third-order valence-corrected chi connectivity index (χ3v) is 4.65. The fraction of sp³-hybridized carbons (Fsp3) is 0.400. The average molecular weight is 314 g/mol. The van der Waals surface area contributed by atoms with Crippen LogP contribution in [0, 0.1) is 6.92 Å². The van der Waals surface area contributed by atoms with E-state index in [1.54, 1.807) is 11.3 Å². The number of aromatic nitrogens is 4. The van der Waals surface area contributed by atoms with E-state index in [4.69, 9.17) is 0 Å². The summed E-state index contributed by atoms with van der Waals surface area (Å²) in [5.41, 5.74) is 3.45. The van der Waals surface area contributed by atoms with E-state index in [0.29, 0.717) is 6.54 Å². The van der Waals surface area contributed by atoms with Crippen LogP contribution in [0.5, 0.6) is 0 Å².